The van der Waals surface area contributed by atoms with Crippen LogP contribution in [0.15, 0.2) is 30.3 Å². The number of nitrogens with zero attached hydrogens (tertiary/aromatic N) is 2. The molecule has 2 rings (SSSR count). The Hall–Kier alpha value is -2.30. The number of nitrogens with two attached hydrogens (primary N) is 1. The number of likely N-dealkylation sites (N-methyl/N-ethyl adjacent to an activating group) is 1. The number of hydrogen-bond acceptors (Lipinski definition) is 3. The van der Waals surface area contributed by atoms with Gasteiger partial charge < -0.3 is 15.5 Å². The molecule has 1 aliphatic heterocycles. The van der Waals surface area contributed by atoms with Crippen molar-refractivity contribution < 1.29 is 9.59 Å². The van der Waals surface area contributed by atoms with Gasteiger partial charge in [0.1, 0.15) is 6.54 Å². The van der Waals surface area contributed by atoms with Crippen LogP contribution >= 0.6 is 0 Å². The van der Waals surface area contributed by atoms with E-state index in [2.05, 4.69) is 0 Å². The van der Waals surface area contributed by atoms with Crippen molar-refractivity contribution in [3.63, 3.8) is 0 Å². The molecule has 1 aromatic carbocycles. The van der Waals surface area contributed by atoms with Crippen LogP contribution in [0.2, 0.25) is 0 Å². The van der Waals surface area contributed by atoms with Gasteiger partial charge in [0.15, 0.2) is 0 Å². The van der Waals surface area contributed by atoms with Crippen molar-refractivity contribution in [2.24, 2.45) is 0 Å². The Kier molecular flexibility index (Phi) is 3.85. The first-order chi connectivity index (χ1) is 9.06. The normalized spacial score (nSPS) is 16.2. The first-order valence-electron chi connectivity index (χ1n) is 6.13. The summed E-state index contributed by atoms with van der Waals surface area (Å²) in [5, 5.41) is 0. The Morgan fingerprint density at radius 3 is 2.84 bits per heavy atom. The van der Waals surface area contributed by atoms with Crippen molar-refractivity contribution in [3.8, 4) is 0 Å². The second-order valence-electron chi connectivity index (χ2n) is 4.58. The zero-order valence-corrected chi connectivity index (χ0v) is 10.9. The minimum Gasteiger partial charge on any atom is -0.399 e. The molecule has 2 amide bonds. The maximum Gasteiger partial charge on any atom is 0.247 e. The summed E-state index contributed by atoms with van der Waals surface area (Å²) < 4.78 is 0. The highest BCUT2D eigenvalue weighted by Crippen LogP contribution is 2.09. The number of hydrogen-bond donors (Lipinski definition) is 1. The average molecular weight is 259 g/mol. The van der Waals surface area contributed by atoms with E-state index in [1.165, 1.54) is 6.08 Å². The van der Waals surface area contributed by atoms with Gasteiger partial charge in [0.2, 0.25) is 11.8 Å². The third-order valence-corrected chi connectivity index (χ3v) is 3.10. The zero-order chi connectivity index (χ0) is 13.8. The summed E-state index contributed by atoms with van der Waals surface area (Å²) >= 11 is 0. The molecule has 2 N–H and O–H groups in total. The fourth-order valence-electron chi connectivity index (χ4n) is 1.88. The van der Waals surface area contributed by atoms with Crippen LogP contribution in [-0.4, -0.2) is 48.3 Å². The lowest BCUT2D eigenvalue weighted by Gasteiger charge is -2.31. The predicted molar refractivity (Wildman–Crippen MR) is 74.1 cm³/mol. The molecule has 0 aromatic heterocycles. The third kappa shape index (κ3) is 3.34. The van der Waals surface area contributed by atoms with Crippen LogP contribution in [0.3, 0.4) is 0 Å². The van der Waals surface area contributed by atoms with E-state index < -0.39 is 0 Å². The molecule has 1 aromatic rings. The Balaban J connectivity index is 1.99. The highest BCUT2D eigenvalue weighted by molar-refractivity contribution is 5.95. The van der Waals surface area contributed by atoms with Crippen molar-refractivity contribution in [2.75, 3.05) is 32.4 Å². The number of carbonyl (C=O) groups excluding carboxylic acids is 2. The van der Waals surface area contributed by atoms with E-state index in [9.17, 15) is 9.59 Å². The van der Waals surface area contributed by atoms with E-state index in [0.717, 1.165) is 5.56 Å². The quantitative estimate of drug-likeness (QED) is 0.624. The zero-order valence-electron chi connectivity index (χ0n) is 10.9. The molecular weight excluding hydrogens is 242 g/mol. The lowest BCUT2D eigenvalue weighted by Crippen LogP contribution is -2.50. The fraction of sp³-hybridized carbons (Fsp3) is 0.286. The van der Waals surface area contributed by atoms with Gasteiger partial charge in [0.05, 0.1) is 0 Å². The van der Waals surface area contributed by atoms with Crippen molar-refractivity contribution in [1.82, 2.24) is 9.80 Å². The molecule has 0 atom stereocenters. The molecule has 0 unspecified atom stereocenters. The van der Waals surface area contributed by atoms with Crippen LogP contribution < -0.4 is 5.73 Å². The van der Waals surface area contributed by atoms with Gasteiger partial charge in [-0.3, -0.25) is 9.59 Å². The van der Waals surface area contributed by atoms with Crippen molar-refractivity contribution in [2.45, 2.75) is 0 Å². The summed E-state index contributed by atoms with van der Waals surface area (Å²) in [5.74, 6) is -0.180. The maximum atomic E-state index is 11.9. The van der Waals surface area contributed by atoms with Gasteiger partial charge in [0, 0.05) is 31.9 Å². The largest absolute Gasteiger partial charge is 0.399 e. The van der Waals surface area contributed by atoms with Crippen LogP contribution in [0.4, 0.5) is 5.69 Å². The molecule has 0 saturated carbocycles. The molecule has 1 saturated heterocycles. The number of amides is 2. The Morgan fingerprint density at radius 2 is 2.16 bits per heavy atom. The Bertz CT molecular complexity index is 525. The van der Waals surface area contributed by atoms with Crippen LogP contribution in [0.5, 0.6) is 0 Å². The first-order valence-corrected chi connectivity index (χ1v) is 6.13. The number of anilines is 1. The topological polar surface area (TPSA) is 66.6 Å². The second kappa shape index (κ2) is 5.56. The van der Waals surface area contributed by atoms with E-state index in [4.69, 9.17) is 5.73 Å². The van der Waals surface area contributed by atoms with E-state index in [1.807, 2.05) is 12.1 Å². The first kappa shape index (κ1) is 13.1. The second-order valence-corrected chi connectivity index (χ2v) is 4.58. The minimum absolute atomic E-state index is 0.0306. The third-order valence-electron chi connectivity index (χ3n) is 3.10. The summed E-state index contributed by atoms with van der Waals surface area (Å²) in [6, 6.07) is 7.28. The van der Waals surface area contributed by atoms with E-state index in [0.29, 0.717) is 18.8 Å². The van der Waals surface area contributed by atoms with E-state index in [1.54, 1.807) is 35.1 Å². The number of rotatable bonds is 2. The van der Waals surface area contributed by atoms with Crippen LogP contribution in [0.1, 0.15) is 5.56 Å². The van der Waals surface area contributed by atoms with Crippen molar-refractivity contribution in [1.29, 1.82) is 0 Å². The molecule has 1 heterocycles. The van der Waals surface area contributed by atoms with E-state index in [-0.39, 0.29) is 18.4 Å². The van der Waals surface area contributed by atoms with Crippen LogP contribution in [-0.2, 0) is 9.59 Å². The number of benzene rings is 1. The van der Waals surface area contributed by atoms with Crippen LogP contribution in [0, 0.1) is 0 Å². The predicted octanol–water partition coefficient (Wildman–Crippen LogP) is 0.583. The molecule has 0 bridgehead atoms. The summed E-state index contributed by atoms with van der Waals surface area (Å²) in [4.78, 5) is 26.6. The highest BCUT2D eigenvalue weighted by atomic mass is 16.2. The van der Waals surface area contributed by atoms with Gasteiger partial charge in [0.25, 0.3) is 0 Å². The highest BCUT2D eigenvalue weighted by Gasteiger charge is 2.23. The van der Waals surface area contributed by atoms with Gasteiger partial charge in [-0.25, -0.2) is 0 Å². The smallest absolute Gasteiger partial charge is 0.247 e. The van der Waals surface area contributed by atoms with Gasteiger partial charge in [-0.05, 0) is 23.8 Å². The molecule has 19 heavy (non-hydrogen) atoms. The van der Waals surface area contributed by atoms with Gasteiger partial charge in [-0.1, -0.05) is 12.1 Å². The molecule has 5 nitrogen and oxygen atoms in total. The molecule has 0 aliphatic carbocycles. The van der Waals surface area contributed by atoms with Gasteiger partial charge in [-0.2, -0.15) is 0 Å². The summed E-state index contributed by atoms with van der Waals surface area (Å²) in [5.41, 5.74) is 7.19. The maximum absolute atomic E-state index is 11.9. The van der Waals surface area contributed by atoms with Gasteiger partial charge in [-0.15, -0.1) is 0 Å². The number of piperazine rings is 1. The molecule has 0 radical (unpaired) electrons. The lowest BCUT2D eigenvalue weighted by atomic mass is 10.2. The molecular formula is C14H17N3O2. The molecule has 0 spiro atoms. The summed E-state index contributed by atoms with van der Waals surface area (Å²) in [6.45, 7) is 1.30. The Morgan fingerprint density at radius 1 is 1.37 bits per heavy atom. The molecule has 1 fully saturated rings. The number of nitrogen functional groups attached to an aromatic ring is 1. The average Bonchev–Trinajstić information content (AvgIpc) is 2.39. The summed E-state index contributed by atoms with van der Waals surface area (Å²) in [6.07, 6.45) is 3.19. The lowest BCUT2D eigenvalue weighted by molar-refractivity contribution is -0.141. The molecule has 5 heteroatoms. The standard InChI is InChI=1S/C14H17N3O2/c1-16-7-8-17(10-14(16)19)13(18)6-5-11-3-2-4-12(15)9-11/h2-6,9H,7-8,10,15H2,1H3/b6-5+. The van der Waals surface area contributed by atoms with Crippen LogP contribution in [0.25, 0.3) is 6.08 Å². The van der Waals surface area contributed by atoms with Gasteiger partial charge >= 0.3 is 0 Å². The van der Waals surface area contributed by atoms with Crippen molar-refractivity contribution >= 4 is 23.6 Å². The fourth-order valence-corrected chi connectivity index (χ4v) is 1.88. The van der Waals surface area contributed by atoms with E-state index >= 15 is 0 Å². The van der Waals surface area contributed by atoms with Crippen molar-refractivity contribution in [3.05, 3.63) is 35.9 Å². The monoisotopic (exact) mass is 259 g/mol. The number of carbonyl (C=O) groups is 2. The SMILES string of the molecule is CN1CCN(C(=O)/C=C/c2cccc(N)c2)CC1=O. The molecule has 100 valence electrons. The minimum atomic E-state index is -0.149. The Labute approximate surface area is 112 Å². The summed E-state index contributed by atoms with van der Waals surface area (Å²) in [7, 11) is 1.74. The molecule has 1 aliphatic rings.